The van der Waals surface area contributed by atoms with E-state index >= 15 is 0 Å². The summed E-state index contributed by atoms with van der Waals surface area (Å²) in [6.45, 7) is 4.03. The maximum atomic E-state index is 12.3. The average Bonchev–Trinajstić information content (AvgIpc) is 3.04. The van der Waals surface area contributed by atoms with Gasteiger partial charge in [-0.2, -0.15) is 0 Å². The van der Waals surface area contributed by atoms with Crippen LogP contribution in [0.2, 0.25) is 0 Å². The summed E-state index contributed by atoms with van der Waals surface area (Å²) in [6, 6.07) is 15.9. The molecule has 0 aliphatic carbocycles. The molecule has 0 radical (unpaired) electrons. The highest BCUT2D eigenvalue weighted by Crippen LogP contribution is 2.19. The second kappa shape index (κ2) is 7.36. The number of aryl methyl sites for hydroxylation is 4. The van der Waals surface area contributed by atoms with E-state index in [0.717, 1.165) is 23.4 Å². The van der Waals surface area contributed by atoms with Crippen molar-refractivity contribution in [3.63, 3.8) is 0 Å². The molecule has 1 amide bonds. The Morgan fingerprint density at radius 2 is 1.79 bits per heavy atom. The van der Waals surface area contributed by atoms with Crippen molar-refractivity contribution in [2.45, 2.75) is 26.7 Å². The van der Waals surface area contributed by atoms with Gasteiger partial charge in [0.25, 0.3) is 5.91 Å². The maximum Gasteiger partial charge on any atom is 0.257 e. The quantitative estimate of drug-likeness (QED) is 0.759. The van der Waals surface area contributed by atoms with Crippen molar-refractivity contribution in [3.05, 3.63) is 75.8 Å². The summed E-state index contributed by atoms with van der Waals surface area (Å²) in [5.41, 5.74) is 4.18. The van der Waals surface area contributed by atoms with Gasteiger partial charge < -0.3 is 0 Å². The van der Waals surface area contributed by atoms with E-state index in [0.29, 0.717) is 10.7 Å². The topological polar surface area (TPSA) is 54.9 Å². The van der Waals surface area contributed by atoms with Crippen LogP contribution in [0.1, 0.15) is 32.1 Å². The smallest absolute Gasteiger partial charge is 0.257 e. The molecule has 3 rings (SSSR count). The van der Waals surface area contributed by atoms with Gasteiger partial charge in [-0.3, -0.25) is 10.1 Å². The summed E-state index contributed by atoms with van der Waals surface area (Å²) in [6.07, 6.45) is 1.74. The zero-order chi connectivity index (χ0) is 16.9. The lowest BCUT2D eigenvalue weighted by atomic mass is 10.1. The Kier molecular flexibility index (Phi) is 5.01. The molecule has 0 atom stereocenters. The van der Waals surface area contributed by atoms with E-state index in [9.17, 15) is 4.79 Å². The molecule has 5 heteroatoms. The lowest BCUT2D eigenvalue weighted by molar-refractivity contribution is 0.102. The van der Waals surface area contributed by atoms with Gasteiger partial charge in [0.15, 0.2) is 0 Å². The number of benzene rings is 2. The molecule has 3 aromatic rings. The van der Waals surface area contributed by atoms with Crippen LogP contribution in [0.25, 0.3) is 0 Å². The van der Waals surface area contributed by atoms with E-state index in [2.05, 4.69) is 27.6 Å². The Morgan fingerprint density at radius 1 is 1.00 bits per heavy atom. The molecule has 122 valence electrons. The molecule has 0 aliphatic heterocycles. The van der Waals surface area contributed by atoms with Crippen molar-refractivity contribution in [1.29, 1.82) is 0 Å². The van der Waals surface area contributed by atoms with Crippen LogP contribution in [0.5, 0.6) is 0 Å². The van der Waals surface area contributed by atoms with Gasteiger partial charge in [0, 0.05) is 12.0 Å². The van der Waals surface area contributed by atoms with E-state index in [-0.39, 0.29) is 5.91 Å². The minimum Gasteiger partial charge on any atom is -0.296 e. The minimum absolute atomic E-state index is 0.149. The lowest BCUT2D eigenvalue weighted by Crippen LogP contribution is -2.12. The third-order valence-corrected chi connectivity index (χ3v) is 4.83. The van der Waals surface area contributed by atoms with Gasteiger partial charge in [0.05, 0.1) is 0 Å². The molecule has 1 N–H and O–H groups in total. The standard InChI is InChI=1S/C19H19N3OS/c1-13-8-10-16(12-14(13)2)18(23)20-19-22-21-17(24-19)11-9-15-6-4-3-5-7-15/h3-8,10,12H,9,11H2,1-2H3,(H,20,22,23). The van der Waals surface area contributed by atoms with Crippen molar-refractivity contribution in [1.82, 2.24) is 10.2 Å². The van der Waals surface area contributed by atoms with E-state index in [1.54, 1.807) is 0 Å². The van der Waals surface area contributed by atoms with Gasteiger partial charge in [0.1, 0.15) is 5.01 Å². The number of carbonyl (C=O) groups is 1. The fourth-order valence-corrected chi connectivity index (χ4v) is 3.09. The van der Waals surface area contributed by atoms with Crippen LogP contribution >= 0.6 is 11.3 Å². The molecule has 0 unspecified atom stereocenters. The number of nitrogens with one attached hydrogen (secondary N) is 1. The Balaban J connectivity index is 1.61. The Labute approximate surface area is 145 Å². The molecule has 1 aromatic heterocycles. The van der Waals surface area contributed by atoms with Gasteiger partial charge in [0.2, 0.25) is 5.13 Å². The summed E-state index contributed by atoms with van der Waals surface area (Å²) in [7, 11) is 0. The molecule has 0 fully saturated rings. The molecule has 2 aromatic carbocycles. The van der Waals surface area contributed by atoms with Crippen LogP contribution in [-0.2, 0) is 12.8 Å². The summed E-state index contributed by atoms with van der Waals surface area (Å²) in [4.78, 5) is 12.3. The van der Waals surface area contributed by atoms with Crippen molar-refractivity contribution in [2.75, 3.05) is 5.32 Å². The fraction of sp³-hybridized carbons (Fsp3) is 0.211. The predicted molar refractivity (Wildman–Crippen MR) is 97.6 cm³/mol. The Bertz CT molecular complexity index is 843. The molecule has 0 aliphatic rings. The predicted octanol–water partition coefficient (Wildman–Crippen LogP) is 4.19. The summed E-state index contributed by atoms with van der Waals surface area (Å²) in [5.74, 6) is -0.149. The molecule has 0 saturated heterocycles. The normalized spacial score (nSPS) is 10.6. The summed E-state index contributed by atoms with van der Waals surface area (Å²) < 4.78 is 0. The van der Waals surface area contributed by atoms with Crippen molar-refractivity contribution >= 4 is 22.4 Å². The second-order valence-corrected chi connectivity index (χ2v) is 6.80. The van der Waals surface area contributed by atoms with Crippen LogP contribution in [0.4, 0.5) is 5.13 Å². The number of hydrogen-bond donors (Lipinski definition) is 1. The van der Waals surface area contributed by atoms with E-state index in [1.165, 1.54) is 22.5 Å². The van der Waals surface area contributed by atoms with Gasteiger partial charge in [-0.15, -0.1) is 10.2 Å². The minimum atomic E-state index is -0.149. The third-order valence-electron chi connectivity index (χ3n) is 3.93. The largest absolute Gasteiger partial charge is 0.296 e. The number of nitrogens with zero attached hydrogens (tertiary/aromatic N) is 2. The van der Waals surface area contributed by atoms with Crippen LogP contribution in [0.15, 0.2) is 48.5 Å². The number of anilines is 1. The third kappa shape index (κ3) is 4.06. The zero-order valence-electron chi connectivity index (χ0n) is 13.7. The molecule has 1 heterocycles. The van der Waals surface area contributed by atoms with Crippen LogP contribution in [0.3, 0.4) is 0 Å². The van der Waals surface area contributed by atoms with Crippen molar-refractivity contribution < 1.29 is 4.79 Å². The van der Waals surface area contributed by atoms with Gasteiger partial charge in [-0.25, -0.2) is 0 Å². The van der Waals surface area contributed by atoms with E-state index in [1.807, 2.05) is 50.2 Å². The number of rotatable bonds is 5. The van der Waals surface area contributed by atoms with Gasteiger partial charge in [-0.1, -0.05) is 47.7 Å². The van der Waals surface area contributed by atoms with Gasteiger partial charge in [-0.05, 0) is 49.1 Å². The van der Waals surface area contributed by atoms with E-state index in [4.69, 9.17) is 0 Å². The van der Waals surface area contributed by atoms with Crippen LogP contribution in [-0.4, -0.2) is 16.1 Å². The summed E-state index contributed by atoms with van der Waals surface area (Å²) >= 11 is 1.43. The highest BCUT2D eigenvalue weighted by molar-refractivity contribution is 7.15. The highest BCUT2D eigenvalue weighted by Gasteiger charge is 2.11. The molecule has 0 saturated carbocycles. The molecule has 4 nitrogen and oxygen atoms in total. The monoisotopic (exact) mass is 337 g/mol. The highest BCUT2D eigenvalue weighted by atomic mass is 32.1. The Hall–Kier alpha value is -2.53. The first-order chi connectivity index (χ1) is 11.6. The molecule has 0 spiro atoms. The van der Waals surface area contributed by atoms with E-state index < -0.39 is 0 Å². The van der Waals surface area contributed by atoms with Crippen LogP contribution in [0, 0.1) is 13.8 Å². The first-order valence-corrected chi connectivity index (χ1v) is 8.68. The Morgan fingerprint density at radius 3 is 2.54 bits per heavy atom. The average molecular weight is 337 g/mol. The summed E-state index contributed by atoms with van der Waals surface area (Å²) in [5, 5.41) is 12.5. The number of aromatic nitrogens is 2. The van der Waals surface area contributed by atoms with Gasteiger partial charge >= 0.3 is 0 Å². The zero-order valence-corrected chi connectivity index (χ0v) is 14.6. The number of hydrogen-bond acceptors (Lipinski definition) is 4. The second-order valence-electron chi connectivity index (χ2n) is 5.74. The molecular formula is C19H19N3OS. The number of carbonyl (C=O) groups excluding carboxylic acids is 1. The molecule has 0 bridgehead atoms. The first kappa shape index (κ1) is 16.3. The van der Waals surface area contributed by atoms with Crippen molar-refractivity contribution in [3.8, 4) is 0 Å². The van der Waals surface area contributed by atoms with Crippen LogP contribution < -0.4 is 5.32 Å². The number of amides is 1. The SMILES string of the molecule is Cc1ccc(C(=O)Nc2nnc(CCc3ccccc3)s2)cc1C. The van der Waals surface area contributed by atoms with Crippen molar-refractivity contribution in [2.24, 2.45) is 0 Å². The maximum absolute atomic E-state index is 12.3. The molecular weight excluding hydrogens is 318 g/mol. The molecule has 24 heavy (non-hydrogen) atoms. The fourth-order valence-electron chi connectivity index (χ4n) is 2.35. The first-order valence-electron chi connectivity index (χ1n) is 7.87. The lowest BCUT2D eigenvalue weighted by Gasteiger charge is -2.04.